The Morgan fingerprint density at radius 1 is 0.650 bits per heavy atom. The van der Waals surface area contributed by atoms with E-state index in [1.165, 1.54) is 16.7 Å². The standard InChI is InChI=1S/C17H23N3/c18-12-15-6-8-17(9-7-15)14-20-11-10-19-13-16-4-2-1-3-5-16/h1-9,19-20H,10-14,18H2. The zero-order valence-electron chi connectivity index (χ0n) is 11.8. The van der Waals surface area contributed by atoms with E-state index < -0.39 is 0 Å². The van der Waals surface area contributed by atoms with E-state index in [-0.39, 0.29) is 0 Å². The number of nitrogens with two attached hydrogens (primary N) is 1. The number of nitrogens with one attached hydrogen (secondary N) is 2. The maximum absolute atomic E-state index is 5.58. The maximum Gasteiger partial charge on any atom is 0.0206 e. The molecule has 0 atom stereocenters. The summed E-state index contributed by atoms with van der Waals surface area (Å²) < 4.78 is 0. The van der Waals surface area contributed by atoms with Crippen molar-refractivity contribution >= 4 is 0 Å². The molecule has 0 radical (unpaired) electrons. The van der Waals surface area contributed by atoms with Gasteiger partial charge in [-0.3, -0.25) is 0 Å². The molecule has 2 aromatic carbocycles. The van der Waals surface area contributed by atoms with Crippen LogP contribution in [0.15, 0.2) is 54.6 Å². The molecule has 0 amide bonds. The van der Waals surface area contributed by atoms with Crippen LogP contribution in [0.25, 0.3) is 0 Å². The number of rotatable bonds is 8. The largest absolute Gasteiger partial charge is 0.326 e. The van der Waals surface area contributed by atoms with Crippen LogP contribution >= 0.6 is 0 Å². The quantitative estimate of drug-likeness (QED) is 0.643. The first-order chi connectivity index (χ1) is 9.88. The van der Waals surface area contributed by atoms with Crippen molar-refractivity contribution < 1.29 is 0 Å². The topological polar surface area (TPSA) is 50.1 Å². The summed E-state index contributed by atoms with van der Waals surface area (Å²) in [5.74, 6) is 0. The molecule has 2 rings (SSSR count). The van der Waals surface area contributed by atoms with Gasteiger partial charge in [0.05, 0.1) is 0 Å². The van der Waals surface area contributed by atoms with Crippen LogP contribution in [0.1, 0.15) is 16.7 Å². The van der Waals surface area contributed by atoms with Gasteiger partial charge in [-0.1, -0.05) is 54.6 Å². The van der Waals surface area contributed by atoms with Crippen molar-refractivity contribution in [2.45, 2.75) is 19.6 Å². The van der Waals surface area contributed by atoms with Crippen LogP contribution in [0.5, 0.6) is 0 Å². The molecule has 3 nitrogen and oxygen atoms in total. The van der Waals surface area contributed by atoms with E-state index >= 15 is 0 Å². The van der Waals surface area contributed by atoms with Crippen LogP contribution in [-0.2, 0) is 19.6 Å². The Morgan fingerprint density at radius 3 is 1.70 bits per heavy atom. The second kappa shape index (κ2) is 8.48. The van der Waals surface area contributed by atoms with Crippen LogP contribution in [0.3, 0.4) is 0 Å². The SMILES string of the molecule is NCc1ccc(CNCCNCc2ccccc2)cc1. The smallest absolute Gasteiger partial charge is 0.0206 e. The fourth-order valence-corrected chi connectivity index (χ4v) is 2.03. The van der Waals surface area contributed by atoms with Gasteiger partial charge in [0, 0.05) is 32.7 Å². The summed E-state index contributed by atoms with van der Waals surface area (Å²) in [4.78, 5) is 0. The zero-order chi connectivity index (χ0) is 14.0. The summed E-state index contributed by atoms with van der Waals surface area (Å²) >= 11 is 0. The summed E-state index contributed by atoms with van der Waals surface area (Å²) in [7, 11) is 0. The van der Waals surface area contributed by atoms with Crippen LogP contribution in [0.2, 0.25) is 0 Å². The monoisotopic (exact) mass is 269 g/mol. The molecular weight excluding hydrogens is 246 g/mol. The van der Waals surface area contributed by atoms with Crippen LogP contribution in [-0.4, -0.2) is 13.1 Å². The maximum atomic E-state index is 5.58. The molecule has 0 aliphatic heterocycles. The van der Waals surface area contributed by atoms with E-state index in [0.29, 0.717) is 6.54 Å². The lowest BCUT2D eigenvalue weighted by Gasteiger charge is -2.07. The Hall–Kier alpha value is -1.68. The molecule has 106 valence electrons. The van der Waals surface area contributed by atoms with E-state index in [4.69, 9.17) is 5.73 Å². The van der Waals surface area contributed by atoms with E-state index in [1.54, 1.807) is 0 Å². The number of benzene rings is 2. The first-order valence-electron chi connectivity index (χ1n) is 7.12. The molecule has 0 unspecified atom stereocenters. The fraction of sp³-hybridized carbons (Fsp3) is 0.294. The fourth-order valence-electron chi connectivity index (χ4n) is 2.03. The van der Waals surface area contributed by atoms with Crippen molar-refractivity contribution in [2.75, 3.05) is 13.1 Å². The summed E-state index contributed by atoms with van der Waals surface area (Å²) in [6, 6.07) is 18.9. The second-order valence-electron chi connectivity index (χ2n) is 4.86. The number of hydrogen-bond donors (Lipinski definition) is 3. The third-order valence-corrected chi connectivity index (χ3v) is 3.24. The summed E-state index contributed by atoms with van der Waals surface area (Å²) in [6.45, 7) is 4.37. The Morgan fingerprint density at radius 2 is 1.15 bits per heavy atom. The Labute approximate surface area is 121 Å². The van der Waals surface area contributed by atoms with E-state index in [9.17, 15) is 0 Å². The molecular formula is C17H23N3. The van der Waals surface area contributed by atoms with E-state index in [1.807, 2.05) is 6.07 Å². The molecule has 2 aromatic rings. The Balaban J connectivity index is 1.57. The van der Waals surface area contributed by atoms with Crippen molar-refractivity contribution in [2.24, 2.45) is 5.73 Å². The molecule has 0 spiro atoms. The normalized spacial score (nSPS) is 10.7. The highest BCUT2D eigenvalue weighted by molar-refractivity contribution is 5.22. The lowest BCUT2D eigenvalue weighted by molar-refractivity contribution is 0.611. The van der Waals surface area contributed by atoms with Crippen molar-refractivity contribution in [3.63, 3.8) is 0 Å². The highest BCUT2D eigenvalue weighted by Gasteiger charge is 1.94. The molecule has 0 fully saturated rings. The molecule has 0 heterocycles. The Kier molecular flexibility index (Phi) is 6.24. The predicted molar refractivity (Wildman–Crippen MR) is 84.2 cm³/mol. The van der Waals surface area contributed by atoms with Gasteiger partial charge in [0.1, 0.15) is 0 Å². The van der Waals surface area contributed by atoms with Crippen molar-refractivity contribution in [3.8, 4) is 0 Å². The lowest BCUT2D eigenvalue weighted by atomic mass is 10.1. The van der Waals surface area contributed by atoms with Crippen molar-refractivity contribution in [3.05, 3.63) is 71.3 Å². The lowest BCUT2D eigenvalue weighted by Crippen LogP contribution is -2.26. The summed E-state index contributed by atoms with van der Waals surface area (Å²) in [5, 5.41) is 6.86. The van der Waals surface area contributed by atoms with E-state index in [0.717, 1.165) is 26.2 Å². The minimum Gasteiger partial charge on any atom is -0.326 e. The molecule has 0 saturated carbocycles. The van der Waals surface area contributed by atoms with Gasteiger partial charge in [0.15, 0.2) is 0 Å². The van der Waals surface area contributed by atoms with E-state index in [2.05, 4.69) is 59.2 Å². The van der Waals surface area contributed by atoms with Crippen LogP contribution < -0.4 is 16.4 Å². The molecule has 0 aliphatic carbocycles. The van der Waals surface area contributed by atoms with Gasteiger partial charge < -0.3 is 16.4 Å². The average Bonchev–Trinajstić information content (AvgIpc) is 2.52. The molecule has 4 N–H and O–H groups in total. The molecule has 0 aromatic heterocycles. The predicted octanol–water partition coefficient (Wildman–Crippen LogP) is 2.02. The summed E-state index contributed by atoms with van der Waals surface area (Å²) in [6.07, 6.45) is 0. The Bertz CT molecular complexity index is 479. The summed E-state index contributed by atoms with van der Waals surface area (Å²) in [5.41, 5.74) is 9.38. The van der Waals surface area contributed by atoms with Gasteiger partial charge in [-0.05, 0) is 16.7 Å². The third-order valence-electron chi connectivity index (χ3n) is 3.24. The number of hydrogen-bond acceptors (Lipinski definition) is 3. The highest BCUT2D eigenvalue weighted by Crippen LogP contribution is 2.03. The molecule has 0 aliphatic rings. The molecule has 3 heteroatoms. The molecule has 20 heavy (non-hydrogen) atoms. The minimum atomic E-state index is 0.608. The van der Waals surface area contributed by atoms with Gasteiger partial charge in [-0.15, -0.1) is 0 Å². The first-order valence-corrected chi connectivity index (χ1v) is 7.12. The van der Waals surface area contributed by atoms with Crippen molar-refractivity contribution in [1.29, 1.82) is 0 Å². The second-order valence-corrected chi connectivity index (χ2v) is 4.86. The third kappa shape index (κ3) is 5.13. The van der Waals surface area contributed by atoms with Gasteiger partial charge in [-0.25, -0.2) is 0 Å². The average molecular weight is 269 g/mol. The van der Waals surface area contributed by atoms with Crippen LogP contribution in [0.4, 0.5) is 0 Å². The van der Waals surface area contributed by atoms with Gasteiger partial charge in [-0.2, -0.15) is 0 Å². The molecule has 0 bridgehead atoms. The van der Waals surface area contributed by atoms with Gasteiger partial charge in [0.25, 0.3) is 0 Å². The molecule has 0 saturated heterocycles. The minimum absolute atomic E-state index is 0.608. The van der Waals surface area contributed by atoms with Crippen molar-refractivity contribution in [1.82, 2.24) is 10.6 Å². The zero-order valence-corrected chi connectivity index (χ0v) is 11.8. The van der Waals surface area contributed by atoms with Crippen LogP contribution in [0, 0.1) is 0 Å². The highest BCUT2D eigenvalue weighted by atomic mass is 14.9. The van der Waals surface area contributed by atoms with Gasteiger partial charge in [0.2, 0.25) is 0 Å². The first kappa shape index (κ1) is 14.7. The van der Waals surface area contributed by atoms with Gasteiger partial charge >= 0.3 is 0 Å².